The molecule has 2 aliphatic rings. The zero-order chi connectivity index (χ0) is 51.2. The predicted octanol–water partition coefficient (Wildman–Crippen LogP) is 8.51. The average molecular weight is 1030 g/mol. The number of sulfonamides is 1. The van der Waals surface area contributed by atoms with Crippen LogP contribution in [-0.2, 0) is 50.5 Å². The molecule has 23 heteroatoms. The maximum Gasteiger partial charge on any atom is 0.296 e. The van der Waals surface area contributed by atoms with Gasteiger partial charge in [-0.05, 0) is 119 Å². The second kappa shape index (κ2) is 17.4. The van der Waals surface area contributed by atoms with Crippen LogP contribution in [0.5, 0.6) is 0 Å². The smallest absolute Gasteiger partial charge is 0.296 e. The van der Waals surface area contributed by atoms with Crippen molar-refractivity contribution in [1.82, 2.24) is 4.72 Å². The molecule has 1 heterocycles. The molecular weight excluding hydrogens is 983 g/mol. The number of nitrogens with one attached hydrogen (secondary N) is 2. The normalized spacial score (nSPS) is 13.7. The van der Waals surface area contributed by atoms with E-state index < -0.39 is 81.0 Å². The fourth-order valence-electron chi connectivity index (χ4n) is 9.25. The number of benzene rings is 5. The minimum absolute atomic E-state index is 0.0147. The van der Waals surface area contributed by atoms with Crippen LogP contribution in [0.1, 0.15) is 74.4 Å². The zero-order valence-electron chi connectivity index (χ0n) is 38.7. The zero-order valence-corrected chi connectivity index (χ0v) is 42.8. The van der Waals surface area contributed by atoms with Gasteiger partial charge in [0.05, 0.1) is 21.6 Å². The van der Waals surface area contributed by atoms with Crippen molar-refractivity contribution in [3.63, 3.8) is 0 Å². The van der Waals surface area contributed by atoms with Crippen molar-refractivity contribution in [1.29, 1.82) is 0 Å². The lowest BCUT2D eigenvalue weighted by atomic mass is 9.82. The molecule has 0 radical (unpaired) electrons. The highest BCUT2D eigenvalue weighted by atomic mass is 32.2. The van der Waals surface area contributed by atoms with Crippen molar-refractivity contribution in [2.45, 2.75) is 113 Å². The Balaban J connectivity index is 1.83. The van der Waals surface area contributed by atoms with E-state index in [1.54, 1.807) is 27.7 Å². The lowest BCUT2D eigenvalue weighted by Crippen LogP contribution is -2.45. The Kier molecular flexibility index (Phi) is 13.4. The fourth-order valence-corrected chi connectivity index (χ4v) is 14.1. The van der Waals surface area contributed by atoms with E-state index in [1.807, 2.05) is 20.8 Å². The van der Waals surface area contributed by atoms with Crippen molar-refractivity contribution >= 4 is 78.5 Å². The molecule has 6 N–H and O–H groups in total. The van der Waals surface area contributed by atoms with Gasteiger partial charge in [-0.2, -0.15) is 33.7 Å². The van der Waals surface area contributed by atoms with Gasteiger partial charge >= 0.3 is 0 Å². The van der Waals surface area contributed by atoms with Crippen molar-refractivity contribution in [2.75, 3.05) is 5.32 Å². The lowest BCUT2D eigenvalue weighted by molar-refractivity contribution is 0.269. The molecule has 1 aliphatic carbocycles. The van der Waals surface area contributed by atoms with Crippen LogP contribution in [0.4, 0.5) is 17.1 Å². The summed E-state index contributed by atoms with van der Waals surface area (Å²) in [6, 6.07) is 12.4. The van der Waals surface area contributed by atoms with Crippen molar-refractivity contribution in [3.8, 4) is 22.5 Å². The fraction of sp³-hybridized carbons (Fsp3) is 0.311. The van der Waals surface area contributed by atoms with Gasteiger partial charge in [0.15, 0.2) is 0 Å². The number of anilines is 2. The third kappa shape index (κ3) is 10.6. The second-order valence-corrected chi connectivity index (χ2v) is 25.8. The van der Waals surface area contributed by atoms with Crippen molar-refractivity contribution in [3.05, 3.63) is 99.4 Å². The van der Waals surface area contributed by atoms with Crippen LogP contribution in [0, 0.1) is 47.0 Å². The van der Waals surface area contributed by atoms with Gasteiger partial charge in [0, 0.05) is 45.4 Å². The molecule has 0 saturated carbocycles. The summed E-state index contributed by atoms with van der Waals surface area (Å²) in [5.41, 5.74) is -1.67. The maximum atomic E-state index is 14.6. The Bertz CT molecular complexity index is 3740. The Morgan fingerprint density at radius 2 is 1.13 bits per heavy atom. The van der Waals surface area contributed by atoms with E-state index in [0.717, 1.165) is 24.3 Å². The Morgan fingerprint density at radius 1 is 0.588 bits per heavy atom. The molecule has 0 atom stereocenters. The number of fused-ring (bicyclic) bond motifs is 2. The molecule has 6 rings (SSSR count). The SMILES string of the molecule is Cc1cc(C)c(S(=O)(=O)O)c(C)c1N=c1cc2oc3cc(Nc4c(C)cc(C)c(S(=O)(=O)O)c4C)c(S(=O)(=O)O)cc3c(-c3ccccc3S(=O)(=O)NC(C)(C)CC(C)(C)C)c-2cc1S(=O)(=O)O. The van der Waals surface area contributed by atoms with Gasteiger partial charge in [-0.1, -0.05) is 51.1 Å². The quantitative estimate of drug-likeness (QED) is 0.0494. The molecule has 0 amide bonds. The number of aryl methyl sites for hydroxylation is 4. The number of hydrogen-bond acceptors (Lipinski definition) is 13. The summed E-state index contributed by atoms with van der Waals surface area (Å²) in [6.45, 7) is 17.8. The highest BCUT2D eigenvalue weighted by molar-refractivity contribution is 7.89. The number of nitrogens with zero attached hydrogens (tertiary/aromatic N) is 1. The van der Waals surface area contributed by atoms with E-state index in [9.17, 15) is 60.3 Å². The van der Waals surface area contributed by atoms with E-state index >= 15 is 0 Å². The lowest BCUT2D eigenvalue weighted by Gasteiger charge is -2.33. The summed E-state index contributed by atoms with van der Waals surface area (Å²) in [7, 11) is -24.7. The molecule has 0 unspecified atom stereocenters. The van der Waals surface area contributed by atoms with Gasteiger partial charge in [-0.25, -0.2) is 18.1 Å². The molecular formula is C45H51N3O15S5. The van der Waals surface area contributed by atoms with Crippen LogP contribution in [-0.4, -0.2) is 65.8 Å². The third-order valence-corrected chi connectivity index (χ3v) is 16.9. The first-order valence-electron chi connectivity index (χ1n) is 20.5. The van der Waals surface area contributed by atoms with Crippen molar-refractivity contribution in [2.24, 2.45) is 10.4 Å². The average Bonchev–Trinajstić information content (AvgIpc) is 3.13. The molecule has 68 heavy (non-hydrogen) atoms. The van der Waals surface area contributed by atoms with Crippen LogP contribution < -0.4 is 15.4 Å². The summed E-state index contributed by atoms with van der Waals surface area (Å²) in [5, 5.41) is 2.14. The standard InChI is InChI=1S/C45H51N3O15S5/c1-23-16-25(3)42(67(57,58)59)27(5)40(23)46-32-20-34-30(18-37(32)65(51,52)53)39(29-14-12-13-15-36(29)64(49,50)48-45(10,11)22-44(7,8)9)31-19-38(66(54,55)56)33(21-35(31)63-34)47-41-24(2)17-26(4)43(28(41)6)68(60,61)62/h12-21,46,48H,22H2,1-11H3,(H,51,52,53)(H,54,55,56)(H,57,58,59)(H,60,61,62). The largest absolute Gasteiger partial charge is 0.456 e. The van der Waals surface area contributed by atoms with E-state index in [0.29, 0.717) is 17.5 Å². The maximum absolute atomic E-state index is 14.6. The van der Waals surface area contributed by atoms with Crippen LogP contribution in [0.15, 0.2) is 94.6 Å². The Hall–Kier alpha value is -5.08. The summed E-state index contributed by atoms with van der Waals surface area (Å²) >= 11 is 0. The second-order valence-electron chi connectivity index (χ2n) is 18.7. The highest BCUT2D eigenvalue weighted by Crippen LogP contribution is 2.46. The minimum atomic E-state index is -5.29. The van der Waals surface area contributed by atoms with Gasteiger partial charge in [-0.15, -0.1) is 0 Å². The third-order valence-electron chi connectivity index (χ3n) is 11.1. The molecule has 0 bridgehead atoms. The van der Waals surface area contributed by atoms with Crippen LogP contribution in [0.25, 0.3) is 33.4 Å². The van der Waals surface area contributed by atoms with Gasteiger partial charge in [0.2, 0.25) is 10.0 Å². The van der Waals surface area contributed by atoms with E-state index in [-0.39, 0.29) is 83.0 Å². The molecule has 4 aromatic rings. The summed E-state index contributed by atoms with van der Waals surface area (Å²) < 4.78 is 184. The highest BCUT2D eigenvalue weighted by Gasteiger charge is 2.34. The predicted molar refractivity (Wildman–Crippen MR) is 256 cm³/mol. The molecule has 0 spiro atoms. The van der Waals surface area contributed by atoms with Crippen LogP contribution >= 0.6 is 0 Å². The summed E-state index contributed by atoms with van der Waals surface area (Å²) in [6.07, 6.45) is 0.367. The number of hydrogen-bond donors (Lipinski definition) is 6. The van der Waals surface area contributed by atoms with Gasteiger partial charge in [0.25, 0.3) is 40.5 Å². The van der Waals surface area contributed by atoms with Crippen LogP contribution in [0.3, 0.4) is 0 Å². The first-order valence-corrected chi connectivity index (χ1v) is 27.7. The molecule has 366 valence electrons. The van der Waals surface area contributed by atoms with E-state index in [2.05, 4.69) is 15.0 Å². The Labute approximate surface area is 396 Å². The number of rotatable bonds is 12. The molecule has 0 fully saturated rings. The van der Waals surface area contributed by atoms with Crippen molar-refractivity contribution < 1.29 is 64.7 Å². The summed E-state index contributed by atoms with van der Waals surface area (Å²) in [5.74, 6) is -0.244. The summed E-state index contributed by atoms with van der Waals surface area (Å²) in [4.78, 5) is 1.44. The van der Waals surface area contributed by atoms with Gasteiger partial charge in [-0.3, -0.25) is 18.2 Å². The topological polar surface area (TPSA) is 301 Å². The van der Waals surface area contributed by atoms with E-state index in [4.69, 9.17) is 4.42 Å². The molecule has 0 saturated heterocycles. The monoisotopic (exact) mass is 1030 g/mol. The van der Waals surface area contributed by atoms with Gasteiger partial charge < -0.3 is 9.73 Å². The molecule has 18 nitrogen and oxygen atoms in total. The van der Waals surface area contributed by atoms with Crippen LogP contribution in [0.2, 0.25) is 0 Å². The first-order chi connectivity index (χ1) is 30.8. The first kappa shape index (κ1) is 52.3. The molecule has 1 aliphatic heterocycles. The van der Waals surface area contributed by atoms with E-state index in [1.165, 1.54) is 64.1 Å². The Morgan fingerprint density at radius 3 is 1.68 bits per heavy atom. The molecule has 0 aromatic heterocycles. The molecule has 4 aromatic carbocycles. The van der Waals surface area contributed by atoms with Gasteiger partial charge in [0.1, 0.15) is 30.9 Å². The minimum Gasteiger partial charge on any atom is -0.456 e.